The molecule has 0 rings (SSSR count). The van der Waals surface area contributed by atoms with Crippen molar-refractivity contribution >= 4 is 34.8 Å². The van der Waals surface area contributed by atoms with Crippen LogP contribution < -0.4 is 0 Å². The summed E-state index contributed by atoms with van der Waals surface area (Å²) in [4.78, 5) is 0. The zero-order valence-electron chi connectivity index (χ0n) is 2.96. The number of hydrogen-bond donors (Lipinski definition) is 1. The molecule has 0 aromatic heterocycles. The molecule has 0 unspecified atom stereocenters. The quantitative estimate of drug-likeness (QED) is 0.472. The van der Waals surface area contributed by atoms with Gasteiger partial charge < -0.3 is 0 Å². The molecule has 5 heteroatoms. The second-order valence-electron chi connectivity index (χ2n) is 0.749. The van der Waals surface area contributed by atoms with Crippen LogP contribution in [0.4, 0.5) is 0 Å². The predicted molar refractivity (Wildman–Crippen MR) is 25.0 cm³/mol. The molecule has 1 N–H and O–H groups in total. The van der Waals surface area contributed by atoms with Crippen LogP contribution in [0.3, 0.4) is 0 Å². The fraction of sp³-hybridized carbons (Fsp3) is 1.00. The third kappa shape index (κ3) is 4.79. The Morgan fingerprint density at radius 3 is 1.83 bits per heavy atom. The van der Waals surface area contributed by atoms with Crippen molar-refractivity contribution in [2.45, 2.75) is 0 Å². The van der Waals surface area contributed by atoms with Gasteiger partial charge in [0.2, 0.25) is 0 Å². The molecule has 0 atom stereocenters. The van der Waals surface area contributed by atoms with Crippen LogP contribution in [-0.4, -0.2) is 41.2 Å². The third-order valence-electron chi connectivity index (χ3n) is 0.211. The van der Waals surface area contributed by atoms with Crippen molar-refractivity contribution in [2.75, 3.05) is 3.46 Å². The van der Waals surface area contributed by atoms with Crippen molar-refractivity contribution < 1.29 is 13.0 Å². The molecular formula is CH5BiO3S. The molecule has 6 heavy (non-hydrogen) atoms. The second kappa shape index (κ2) is 2.19. The molecule has 0 spiro atoms. The van der Waals surface area contributed by atoms with Gasteiger partial charge in [0.05, 0.1) is 0 Å². The first-order valence-corrected chi connectivity index (χ1v) is 6.00. The Labute approximate surface area is 51.3 Å². The summed E-state index contributed by atoms with van der Waals surface area (Å²) < 4.78 is 27.0. The summed E-state index contributed by atoms with van der Waals surface area (Å²) in [5.41, 5.74) is 0. The monoisotopic (exact) mass is 306 g/mol. The molecule has 3 nitrogen and oxygen atoms in total. The van der Waals surface area contributed by atoms with Crippen LogP contribution in [0.5, 0.6) is 0 Å². The van der Waals surface area contributed by atoms with E-state index in [1.807, 2.05) is 0 Å². The Hall–Kier alpha value is 0.793. The van der Waals surface area contributed by atoms with Crippen LogP contribution in [0.1, 0.15) is 0 Å². The molecule has 0 saturated heterocycles. The van der Waals surface area contributed by atoms with Crippen molar-refractivity contribution in [2.24, 2.45) is 0 Å². The van der Waals surface area contributed by atoms with Gasteiger partial charge in [-0.05, 0) is 0 Å². The van der Waals surface area contributed by atoms with Crippen molar-refractivity contribution in [3.63, 3.8) is 0 Å². The van der Waals surface area contributed by atoms with E-state index in [2.05, 4.69) is 0 Å². The fourth-order valence-electron chi connectivity index (χ4n) is 0. The topological polar surface area (TPSA) is 54.4 Å². The zero-order chi connectivity index (χ0) is 5.21. The molecule has 0 heterocycles. The first-order valence-electron chi connectivity index (χ1n) is 1.21. The first kappa shape index (κ1) is 6.79. The Morgan fingerprint density at radius 1 is 1.67 bits per heavy atom. The van der Waals surface area contributed by atoms with E-state index < -0.39 is 10.1 Å². The van der Waals surface area contributed by atoms with Gasteiger partial charge in [-0.15, -0.1) is 0 Å². The molecule has 0 aliphatic rings. The van der Waals surface area contributed by atoms with Crippen molar-refractivity contribution in [1.29, 1.82) is 0 Å². The zero-order valence-corrected chi connectivity index (χ0v) is 8.26. The summed E-state index contributed by atoms with van der Waals surface area (Å²) >= 11 is 0.338. The van der Waals surface area contributed by atoms with E-state index >= 15 is 0 Å². The summed E-state index contributed by atoms with van der Waals surface area (Å²) in [7, 11) is -3.59. The van der Waals surface area contributed by atoms with Gasteiger partial charge >= 0.3 is 51.3 Å². The average Bonchev–Trinajstić information content (AvgIpc) is 1.35. The minimum atomic E-state index is -3.59. The van der Waals surface area contributed by atoms with Crippen molar-refractivity contribution in [1.82, 2.24) is 0 Å². The van der Waals surface area contributed by atoms with Crippen LogP contribution in [0.2, 0.25) is 0 Å². The summed E-state index contributed by atoms with van der Waals surface area (Å²) in [6, 6.07) is 0. The van der Waals surface area contributed by atoms with Gasteiger partial charge in [-0.3, -0.25) is 0 Å². The van der Waals surface area contributed by atoms with Gasteiger partial charge in [0.25, 0.3) is 0 Å². The summed E-state index contributed by atoms with van der Waals surface area (Å²) in [6.45, 7) is 0. The molecule has 0 aliphatic carbocycles. The minimum absolute atomic E-state index is 0.0347. The van der Waals surface area contributed by atoms with E-state index in [9.17, 15) is 8.42 Å². The van der Waals surface area contributed by atoms with Gasteiger partial charge in [-0.25, -0.2) is 0 Å². The van der Waals surface area contributed by atoms with Crippen LogP contribution in [0, 0.1) is 0 Å². The summed E-state index contributed by atoms with van der Waals surface area (Å²) in [5, 5.41) is 0. The third-order valence-corrected chi connectivity index (χ3v) is 5.54. The molecule has 0 amide bonds. The molecular weight excluding hydrogens is 301 g/mol. The van der Waals surface area contributed by atoms with Crippen LogP contribution >= 0.6 is 0 Å². The maximum atomic E-state index is 9.60. The SMILES string of the molecule is O=S(=O)(O)[CH2][BiH2]. The van der Waals surface area contributed by atoms with E-state index in [4.69, 9.17) is 4.55 Å². The fourth-order valence-corrected chi connectivity index (χ4v) is 0. The van der Waals surface area contributed by atoms with Crippen LogP contribution in [-0.2, 0) is 10.1 Å². The Balaban J connectivity index is 3.85. The molecule has 0 bridgehead atoms. The Kier molecular flexibility index (Phi) is 2.48. The number of hydrogen-bond acceptors (Lipinski definition) is 2. The Morgan fingerprint density at radius 2 is 1.83 bits per heavy atom. The van der Waals surface area contributed by atoms with Gasteiger partial charge in [0.15, 0.2) is 0 Å². The van der Waals surface area contributed by atoms with Crippen LogP contribution in [0.15, 0.2) is 0 Å². The summed E-state index contributed by atoms with van der Waals surface area (Å²) in [6.07, 6.45) is 0. The van der Waals surface area contributed by atoms with Crippen LogP contribution in [0.25, 0.3) is 0 Å². The van der Waals surface area contributed by atoms with E-state index in [0.717, 1.165) is 0 Å². The molecule has 0 aromatic carbocycles. The molecule has 0 aliphatic heterocycles. The summed E-state index contributed by atoms with van der Waals surface area (Å²) in [5.74, 6) is 0. The average molecular weight is 306 g/mol. The standard InChI is InChI=1S/CH3O3S.Bi.2H/c1-5(2,3)4;;;/h1H2,(H,2,3,4);;;. The molecule has 0 fully saturated rings. The second-order valence-corrected chi connectivity index (χ2v) is 6.13. The van der Waals surface area contributed by atoms with E-state index in [1.54, 1.807) is 0 Å². The van der Waals surface area contributed by atoms with Crippen molar-refractivity contribution in [3.05, 3.63) is 0 Å². The normalized spacial score (nSPS) is 11.7. The van der Waals surface area contributed by atoms with Gasteiger partial charge in [0.1, 0.15) is 0 Å². The van der Waals surface area contributed by atoms with E-state index in [-0.39, 0.29) is 3.46 Å². The van der Waals surface area contributed by atoms with Gasteiger partial charge in [-0.1, -0.05) is 0 Å². The first-order chi connectivity index (χ1) is 2.56. The molecule has 0 aromatic rings. The molecule has 0 radical (unpaired) electrons. The number of rotatable bonds is 1. The van der Waals surface area contributed by atoms with E-state index in [1.165, 1.54) is 0 Å². The van der Waals surface area contributed by atoms with Crippen molar-refractivity contribution in [3.8, 4) is 0 Å². The maximum absolute atomic E-state index is 9.60. The Bertz CT molecular complexity index is 113. The van der Waals surface area contributed by atoms with Gasteiger partial charge in [-0.2, -0.15) is 0 Å². The predicted octanol–water partition coefficient (Wildman–Crippen LogP) is -1.54. The van der Waals surface area contributed by atoms with Gasteiger partial charge in [0, 0.05) is 0 Å². The molecule has 0 saturated carbocycles. The molecule has 38 valence electrons. The van der Waals surface area contributed by atoms with E-state index in [0.29, 0.717) is 24.7 Å².